The van der Waals surface area contributed by atoms with Crippen molar-refractivity contribution in [2.24, 2.45) is 5.92 Å². The van der Waals surface area contributed by atoms with Gasteiger partial charge >= 0.3 is 5.97 Å². The van der Waals surface area contributed by atoms with Gasteiger partial charge in [0.25, 0.3) is 0 Å². The van der Waals surface area contributed by atoms with Gasteiger partial charge in [-0.15, -0.1) is 0 Å². The van der Waals surface area contributed by atoms with Crippen LogP contribution in [0.25, 0.3) is 0 Å². The molecule has 1 fully saturated rings. The number of carbonyl (C=O) groups is 2. The van der Waals surface area contributed by atoms with Crippen LogP contribution in [0, 0.1) is 5.92 Å². The molecule has 6 nitrogen and oxygen atoms in total. The van der Waals surface area contributed by atoms with Gasteiger partial charge in [-0.05, 0) is 33.2 Å². The number of likely N-dealkylation sites (tertiary alicyclic amines) is 1. The number of likely N-dealkylation sites (N-methyl/N-ethyl adjacent to an activating group) is 1. The summed E-state index contributed by atoms with van der Waals surface area (Å²) in [5, 5.41) is 9.85. The first kappa shape index (κ1) is 17.9. The molecule has 1 aliphatic rings. The second-order valence-corrected chi connectivity index (χ2v) is 6.29. The maximum atomic E-state index is 12.3. The van der Waals surface area contributed by atoms with E-state index in [1.54, 1.807) is 18.7 Å². The summed E-state index contributed by atoms with van der Waals surface area (Å²) in [4.78, 5) is 27.5. The highest BCUT2D eigenvalue weighted by Crippen LogP contribution is 2.18. The number of piperidine rings is 1. The fourth-order valence-corrected chi connectivity index (χ4v) is 2.65. The minimum absolute atomic E-state index is 0.0596. The molecule has 1 rings (SSSR count). The van der Waals surface area contributed by atoms with Crippen molar-refractivity contribution >= 4 is 11.9 Å². The molecule has 0 aromatic rings. The fraction of sp³-hybridized carbons (Fsp3) is 0.867. The number of hydrogen-bond acceptors (Lipinski definition) is 5. The van der Waals surface area contributed by atoms with Gasteiger partial charge in [-0.1, -0.05) is 6.92 Å². The Morgan fingerprint density at radius 3 is 2.33 bits per heavy atom. The zero-order valence-electron chi connectivity index (χ0n) is 13.6. The van der Waals surface area contributed by atoms with Gasteiger partial charge in [0.2, 0.25) is 5.91 Å². The van der Waals surface area contributed by atoms with Gasteiger partial charge in [0, 0.05) is 19.6 Å². The van der Waals surface area contributed by atoms with Crippen molar-refractivity contribution in [1.82, 2.24) is 9.80 Å². The molecule has 0 aromatic carbocycles. The van der Waals surface area contributed by atoms with Crippen molar-refractivity contribution in [2.75, 3.05) is 39.8 Å². The number of methoxy groups -OCH3 is 1. The molecule has 0 aliphatic carbocycles. The molecule has 0 aromatic heterocycles. The molecule has 122 valence electrons. The first-order valence-electron chi connectivity index (χ1n) is 7.57. The van der Waals surface area contributed by atoms with E-state index in [1.807, 2.05) is 11.8 Å². The van der Waals surface area contributed by atoms with E-state index in [9.17, 15) is 14.7 Å². The van der Waals surface area contributed by atoms with Crippen molar-refractivity contribution in [1.29, 1.82) is 0 Å². The molecule has 6 heteroatoms. The standard InChI is InChI=1S/C15H28N2O4/c1-5-16(11-15(2,3)20)10-13(18)17-8-6-12(7-9-17)14(19)21-4/h12,20H,5-11H2,1-4H3. The van der Waals surface area contributed by atoms with E-state index in [2.05, 4.69) is 0 Å². The maximum Gasteiger partial charge on any atom is 0.308 e. The highest BCUT2D eigenvalue weighted by molar-refractivity contribution is 5.79. The topological polar surface area (TPSA) is 70.1 Å². The Balaban J connectivity index is 2.44. The molecular weight excluding hydrogens is 272 g/mol. The number of rotatable bonds is 6. The van der Waals surface area contributed by atoms with Crippen LogP contribution in [0.1, 0.15) is 33.6 Å². The molecule has 0 bridgehead atoms. The van der Waals surface area contributed by atoms with E-state index in [1.165, 1.54) is 7.11 Å². The van der Waals surface area contributed by atoms with Crippen LogP contribution in [0.2, 0.25) is 0 Å². The van der Waals surface area contributed by atoms with Crippen LogP contribution >= 0.6 is 0 Å². The van der Waals surface area contributed by atoms with E-state index >= 15 is 0 Å². The largest absolute Gasteiger partial charge is 0.469 e. The van der Waals surface area contributed by atoms with Gasteiger partial charge in [0.1, 0.15) is 0 Å². The van der Waals surface area contributed by atoms with Crippen LogP contribution in [-0.2, 0) is 14.3 Å². The number of amides is 1. The van der Waals surface area contributed by atoms with Gasteiger partial charge in [0.15, 0.2) is 0 Å². The predicted octanol–water partition coefficient (Wildman–Crippen LogP) is 0.491. The molecule has 1 aliphatic heterocycles. The second kappa shape index (κ2) is 7.75. The molecule has 1 saturated heterocycles. The molecule has 0 atom stereocenters. The number of ether oxygens (including phenoxy) is 1. The summed E-state index contributed by atoms with van der Waals surface area (Å²) < 4.78 is 4.74. The highest BCUT2D eigenvalue weighted by Gasteiger charge is 2.29. The smallest absolute Gasteiger partial charge is 0.308 e. The average Bonchev–Trinajstić information content (AvgIpc) is 2.44. The fourth-order valence-electron chi connectivity index (χ4n) is 2.65. The third-order valence-electron chi connectivity index (χ3n) is 3.80. The van der Waals surface area contributed by atoms with Crippen LogP contribution in [0.15, 0.2) is 0 Å². The zero-order chi connectivity index (χ0) is 16.0. The van der Waals surface area contributed by atoms with Crippen LogP contribution in [0.5, 0.6) is 0 Å². The van der Waals surface area contributed by atoms with Gasteiger partial charge in [-0.2, -0.15) is 0 Å². The first-order chi connectivity index (χ1) is 9.76. The maximum absolute atomic E-state index is 12.3. The Kier molecular flexibility index (Phi) is 6.61. The Morgan fingerprint density at radius 1 is 1.33 bits per heavy atom. The number of nitrogens with zero attached hydrogens (tertiary/aromatic N) is 2. The van der Waals surface area contributed by atoms with Crippen LogP contribution in [-0.4, -0.2) is 72.2 Å². The van der Waals surface area contributed by atoms with Gasteiger partial charge in [-0.3, -0.25) is 14.5 Å². The van der Waals surface area contributed by atoms with Crippen molar-refractivity contribution in [2.45, 2.75) is 39.2 Å². The lowest BCUT2D eigenvalue weighted by Gasteiger charge is -2.33. The Labute approximate surface area is 127 Å². The summed E-state index contributed by atoms with van der Waals surface area (Å²) in [5.41, 5.74) is -0.811. The lowest BCUT2D eigenvalue weighted by molar-refractivity contribution is -0.149. The molecule has 0 spiro atoms. The van der Waals surface area contributed by atoms with Crippen LogP contribution < -0.4 is 0 Å². The summed E-state index contributed by atoms with van der Waals surface area (Å²) in [5.74, 6) is -0.207. The van der Waals surface area contributed by atoms with E-state index < -0.39 is 5.60 Å². The van der Waals surface area contributed by atoms with Crippen molar-refractivity contribution < 1.29 is 19.4 Å². The summed E-state index contributed by atoms with van der Waals surface area (Å²) in [6.45, 7) is 8.13. The van der Waals surface area contributed by atoms with Crippen LogP contribution in [0.4, 0.5) is 0 Å². The zero-order valence-corrected chi connectivity index (χ0v) is 13.6. The van der Waals surface area contributed by atoms with E-state index in [4.69, 9.17) is 4.74 Å². The summed E-state index contributed by atoms with van der Waals surface area (Å²) in [7, 11) is 1.40. The van der Waals surface area contributed by atoms with Crippen molar-refractivity contribution in [3.05, 3.63) is 0 Å². The lowest BCUT2D eigenvalue weighted by Crippen LogP contribution is -2.47. The summed E-state index contributed by atoms with van der Waals surface area (Å²) in [6.07, 6.45) is 1.33. The Morgan fingerprint density at radius 2 is 1.90 bits per heavy atom. The van der Waals surface area contributed by atoms with Crippen molar-refractivity contribution in [3.63, 3.8) is 0 Å². The molecule has 1 N–H and O–H groups in total. The minimum Gasteiger partial charge on any atom is -0.469 e. The lowest BCUT2D eigenvalue weighted by atomic mass is 9.97. The highest BCUT2D eigenvalue weighted by atomic mass is 16.5. The molecule has 1 heterocycles. The first-order valence-corrected chi connectivity index (χ1v) is 7.57. The van der Waals surface area contributed by atoms with Crippen LogP contribution in [0.3, 0.4) is 0 Å². The third-order valence-corrected chi connectivity index (χ3v) is 3.80. The molecule has 1 amide bonds. The summed E-state index contributed by atoms with van der Waals surface area (Å²) >= 11 is 0. The number of esters is 1. The monoisotopic (exact) mass is 300 g/mol. The van der Waals surface area contributed by atoms with Gasteiger partial charge in [0.05, 0.1) is 25.2 Å². The van der Waals surface area contributed by atoms with E-state index in [0.717, 1.165) is 0 Å². The van der Waals surface area contributed by atoms with E-state index in [-0.39, 0.29) is 17.8 Å². The minimum atomic E-state index is -0.811. The summed E-state index contributed by atoms with van der Waals surface area (Å²) in [6, 6.07) is 0. The number of carbonyl (C=O) groups excluding carboxylic acids is 2. The number of hydrogen-bond donors (Lipinski definition) is 1. The SMILES string of the molecule is CCN(CC(=O)N1CCC(C(=O)OC)CC1)CC(C)(C)O. The molecule has 0 saturated carbocycles. The predicted molar refractivity (Wildman–Crippen MR) is 79.7 cm³/mol. The van der Waals surface area contributed by atoms with Gasteiger partial charge < -0.3 is 14.7 Å². The quantitative estimate of drug-likeness (QED) is 0.723. The average molecular weight is 300 g/mol. The van der Waals surface area contributed by atoms with Gasteiger partial charge in [-0.25, -0.2) is 0 Å². The Bertz CT molecular complexity index is 357. The molecule has 0 radical (unpaired) electrons. The molecule has 21 heavy (non-hydrogen) atoms. The third kappa shape index (κ3) is 6.01. The normalized spacial score (nSPS) is 17.1. The Hall–Kier alpha value is -1.14. The molecular formula is C15H28N2O4. The van der Waals surface area contributed by atoms with E-state index in [0.29, 0.717) is 45.6 Å². The van der Waals surface area contributed by atoms with Crippen molar-refractivity contribution in [3.8, 4) is 0 Å². The second-order valence-electron chi connectivity index (χ2n) is 6.29. The molecule has 0 unspecified atom stereocenters. The number of aliphatic hydroxyl groups is 1.